The van der Waals surface area contributed by atoms with Gasteiger partial charge in [-0.25, -0.2) is 4.39 Å². The highest BCUT2D eigenvalue weighted by Gasteiger charge is 2.15. The van der Waals surface area contributed by atoms with E-state index in [2.05, 4.69) is 15.9 Å². The lowest BCUT2D eigenvalue weighted by Gasteiger charge is -2.10. The lowest BCUT2D eigenvalue weighted by molar-refractivity contribution is -0.141. The van der Waals surface area contributed by atoms with Crippen LogP contribution in [0.25, 0.3) is 0 Å². The summed E-state index contributed by atoms with van der Waals surface area (Å²) in [5.74, 6) is -1.73. The van der Waals surface area contributed by atoms with Crippen molar-refractivity contribution in [1.29, 1.82) is 0 Å². The Balaban J connectivity index is 2.99. The average Bonchev–Trinajstić information content (AvgIpc) is 2.13. The molecule has 0 fully saturated rings. The van der Waals surface area contributed by atoms with Crippen LogP contribution in [0.15, 0.2) is 16.6 Å². The molecule has 1 rings (SSSR count). The van der Waals surface area contributed by atoms with Gasteiger partial charge in [-0.15, -0.1) is 0 Å². The highest BCUT2D eigenvalue weighted by Crippen LogP contribution is 2.24. The number of benzene rings is 1. The molecular formula is C11H12BrFO2. The van der Waals surface area contributed by atoms with E-state index in [0.717, 1.165) is 5.56 Å². The van der Waals surface area contributed by atoms with Crippen LogP contribution in [0.2, 0.25) is 0 Å². The average molecular weight is 275 g/mol. The second kappa shape index (κ2) is 4.75. The number of aliphatic carboxylic acids is 1. The number of carbonyl (C=O) groups is 1. The Hall–Kier alpha value is -0.900. The molecule has 0 aromatic heterocycles. The first-order valence-corrected chi connectivity index (χ1v) is 5.38. The molecule has 1 unspecified atom stereocenters. The molecule has 0 heterocycles. The molecule has 0 saturated heterocycles. The molecule has 1 aromatic rings. The summed E-state index contributed by atoms with van der Waals surface area (Å²) in [4.78, 5) is 10.7. The van der Waals surface area contributed by atoms with E-state index in [4.69, 9.17) is 5.11 Å². The van der Waals surface area contributed by atoms with Crippen molar-refractivity contribution in [1.82, 2.24) is 0 Å². The van der Waals surface area contributed by atoms with Crippen molar-refractivity contribution < 1.29 is 14.3 Å². The number of carboxylic acid groups (broad SMARTS) is 1. The molecule has 15 heavy (non-hydrogen) atoms. The van der Waals surface area contributed by atoms with Gasteiger partial charge in [0.1, 0.15) is 5.82 Å². The van der Waals surface area contributed by atoms with Crippen molar-refractivity contribution in [3.63, 3.8) is 0 Å². The highest BCUT2D eigenvalue weighted by atomic mass is 79.9. The third kappa shape index (κ3) is 3.02. The van der Waals surface area contributed by atoms with Crippen LogP contribution in [-0.2, 0) is 11.2 Å². The van der Waals surface area contributed by atoms with E-state index in [0.29, 0.717) is 16.5 Å². The second-order valence-electron chi connectivity index (χ2n) is 3.66. The van der Waals surface area contributed by atoms with E-state index in [1.165, 1.54) is 6.07 Å². The quantitative estimate of drug-likeness (QED) is 0.920. The number of hydrogen-bond acceptors (Lipinski definition) is 1. The topological polar surface area (TPSA) is 37.3 Å². The highest BCUT2D eigenvalue weighted by molar-refractivity contribution is 9.10. The van der Waals surface area contributed by atoms with Crippen LogP contribution in [0.3, 0.4) is 0 Å². The van der Waals surface area contributed by atoms with Gasteiger partial charge >= 0.3 is 5.97 Å². The van der Waals surface area contributed by atoms with Crippen LogP contribution in [0.1, 0.15) is 18.1 Å². The first-order valence-electron chi connectivity index (χ1n) is 4.59. The van der Waals surface area contributed by atoms with Crippen molar-refractivity contribution in [2.75, 3.05) is 0 Å². The van der Waals surface area contributed by atoms with Gasteiger partial charge in [0.05, 0.1) is 10.4 Å². The number of aryl methyl sites for hydroxylation is 1. The summed E-state index contributed by atoms with van der Waals surface area (Å²) in [6.07, 6.45) is 0.328. The summed E-state index contributed by atoms with van der Waals surface area (Å²) in [7, 11) is 0. The molecule has 0 aliphatic carbocycles. The van der Waals surface area contributed by atoms with Crippen LogP contribution in [-0.4, -0.2) is 11.1 Å². The van der Waals surface area contributed by atoms with Gasteiger partial charge in [0.25, 0.3) is 0 Å². The number of hydrogen-bond donors (Lipinski definition) is 1. The summed E-state index contributed by atoms with van der Waals surface area (Å²) in [6, 6.07) is 3.21. The standard InChI is InChI=1S/C11H12BrFO2/c1-6-3-8(5-7(2)11(14)15)10(12)9(13)4-6/h3-4,7H,5H2,1-2H3,(H,14,15). The van der Waals surface area contributed by atoms with Gasteiger partial charge in [0.15, 0.2) is 0 Å². The molecule has 0 aliphatic rings. The number of rotatable bonds is 3. The first-order chi connectivity index (χ1) is 6.91. The fourth-order valence-electron chi connectivity index (χ4n) is 1.36. The molecule has 2 nitrogen and oxygen atoms in total. The minimum atomic E-state index is -0.871. The molecule has 0 amide bonds. The van der Waals surface area contributed by atoms with Gasteiger partial charge in [-0.3, -0.25) is 4.79 Å². The third-order valence-corrected chi connectivity index (χ3v) is 3.08. The minimum absolute atomic E-state index is 0.328. The van der Waals surface area contributed by atoms with Crippen LogP contribution in [0.4, 0.5) is 4.39 Å². The number of carboxylic acids is 1. The lowest BCUT2D eigenvalue weighted by Crippen LogP contribution is -2.12. The molecule has 1 atom stereocenters. The molecule has 0 saturated carbocycles. The fraction of sp³-hybridized carbons (Fsp3) is 0.364. The summed E-state index contributed by atoms with van der Waals surface area (Å²) in [6.45, 7) is 3.39. The molecule has 0 spiro atoms. The summed E-state index contributed by atoms with van der Waals surface area (Å²) >= 11 is 3.12. The predicted octanol–water partition coefficient (Wildman–Crippen LogP) is 3.16. The Kier molecular flexibility index (Phi) is 3.85. The summed E-state index contributed by atoms with van der Waals surface area (Å²) < 4.78 is 13.7. The lowest BCUT2D eigenvalue weighted by atomic mass is 10.00. The maximum atomic E-state index is 13.3. The van der Waals surface area contributed by atoms with Crippen molar-refractivity contribution >= 4 is 21.9 Å². The van der Waals surface area contributed by atoms with Crippen LogP contribution in [0.5, 0.6) is 0 Å². The van der Waals surface area contributed by atoms with E-state index in [1.54, 1.807) is 19.9 Å². The molecule has 1 aromatic carbocycles. The molecule has 0 radical (unpaired) electrons. The van der Waals surface area contributed by atoms with Gasteiger partial charge in [-0.2, -0.15) is 0 Å². The Morgan fingerprint density at radius 3 is 2.73 bits per heavy atom. The Morgan fingerprint density at radius 1 is 1.60 bits per heavy atom. The Labute approximate surface area is 96.2 Å². The number of halogens is 2. The zero-order valence-corrected chi connectivity index (χ0v) is 10.1. The van der Waals surface area contributed by atoms with Gasteiger partial charge in [0.2, 0.25) is 0 Å². The normalized spacial score (nSPS) is 12.5. The smallest absolute Gasteiger partial charge is 0.306 e. The largest absolute Gasteiger partial charge is 0.481 e. The van der Waals surface area contributed by atoms with E-state index in [9.17, 15) is 9.18 Å². The summed E-state index contributed by atoms with van der Waals surface area (Å²) in [5.41, 5.74) is 1.49. The van der Waals surface area contributed by atoms with Crippen LogP contribution >= 0.6 is 15.9 Å². The van der Waals surface area contributed by atoms with Crippen molar-refractivity contribution in [2.24, 2.45) is 5.92 Å². The van der Waals surface area contributed by atoms with Gasteiger partial charge < -0.3 is 5.11 Å². The summed E-state index contributed by atoms with van der Waals surface area (Å²) in [5, 5.41) is 8.76. The second-order valence-corrected chi connectivity index (χ2v) is 4.46. The molecule has 0 bridgehead atoms. The minimum Gasteiger partial charge on any atom is -0.481 e. The predicted molar refractivity (Wildman–Crippen MR) is 59.3 cm³/mol. The maximum absolute atomic E-state index is 13.3. The Morgan fingerprint density at radius 2 is 2.20 bits per heavy atom. The van der Waals surface area contributed by atoms with Gasteiger partial charge in [-0.1, -0.05) is 13.0 Å². The van der Waals surface area contributed by atoms with Gasteiger partial charge in [-0.05, 0) is 46.5 Å². The first kappa shape index (κ1) is 12.2. The third-order valence-electron chi connectivity index (χ3n) is 2.20. The monoisotopic (exact) mass is 274 g/mol. The SMILES string of the molecule is Cc1cc(F)c(Br)c(CC(C)C(=O)O)c1. The zero-order chi connectivity index (χ0) is 11.6. The fourth-order valence-corrected chi connectivity index (χ4v) is 1.75. The van der Waals surface area contributed by atoms with Crippen LogP contribution < -0.4 is 0 Å². The van der Waals surface area contributed by atoms with E-state index in [-0.39, 0.29) is 5.82 Å². The van der Waals surface area contributed by atoms with E-state index >= 15 is 0 Å². The molecule has 82 valence electrons. The molecule has 4 heteroatoms. The van der Waals surface area contributed by atoms with Gasteiger partial charge in [0, 0.05) is 0 Å². The maximum Gasteiger partial charge on any atom is 0.306 e. The zero-order valence-electron chi connectivity index (χ0n) is 8.55. The van der Waals surface area contributed by atoms with E-state index in [1.807, 2.05) is 0 Å². The molecule has 1 N–H and O–H groups in total. The molecular weight excluding hydrogens is 263 g/mol. The Bertz CT molecular complexity index is 390. The van der Waals surface area contributed by atoms with Crippen molar-refractivity contribution in [3.8, 4) is 0 Å². The van der Waals surface area contributed by atoms with Crippen molar-refractivity contribution in [2.45, 2.75) is 20.3 Å². The van der Waals surface area contributed by atoms with E-state index < -0.39 is 11.9 Å². The van der Waals surface area contributed by atoms with Crippen LogP contribution in [0, 0.1) is 18.7 Å². The van der Waals surface area contributed by atoms with Crippen molar-refractivity contribution in [3.05, 3.63) is 33.5 Å². The molecule has 0 aliphatic heterocycles.